The molecule has 1 aliphatic heterocycles. The quantitative estimate of drug-likeness (QED) is 0.589. The molecule has 0 bridgehead atoms. The molecule has 2 rings (SSSR count). The molecule has 0 aliphatic carbocycles. The highest BCUT2D eigenvalue weighted by Crippen LogP contribution is 2.13. The minimum absolute atomic E-state index is 0.0895. The number of aromatic nitrogens is 1. The first-order valence-corrected chi connectivity index (χ1v) is 8.58. The summed E-state index contributed by atoms with van der Waals surface area (Å²) in [5, 5.41) is 3.36. The molecule has 1 atom stereocenters. The standard InChI is InChI=1S/C18H28N2O4/c1-11(2)17(20-14-5-7-23-8-6-14)18(22)24-10-16(21)15-9-12(3)19-13(15)4/h9,11,14,17,19-20H,5-8,10H2,1-4H3/t17-/m0/s1. The fraction of sp³-hybridized carbons (Fsp3) is 0.667. The number of aromatic amines is 1. The fourth-order valence-corrected chi connectivity index (χ4v) is 2.97. The van der Waals surface area contributed by atoms with Crippen molar-refractivity contribution in [3.63, 3.8) is 0 Å². The van der Waals surface area contributed by atoms with Crippen molar-refractivity contribution in [2.24, 2.45) is 5.92 Å². The summed E-state index contributed by atoms with van der Waals surface area (Å²) < 4.78 is 10.6. The molecule has 6 heteroatoms. The lowest BCUT2D eigenvalue weighted by atomic mass is 10.0. The highest BCUT2D eigenvalue weighted by molar-refractivity contribution is 5.99. The molecule has 0 radical (unpaired) electrons. The second-order valence-electron chi connectivity index (χ2n) is 6.80. The number of carbonyl (C=O) groups excluding carboxylic acids is 2. The lowest BCUT2D eigenvalue weighted by Crippen LogP contribution is -2.49. The van der Waals surface area contributed by atoms with Gasteiger partial charge < -0.3 is 19.8 Å². The first-order valence-electron chi connectivity index (χ1n) is 8.58. The predicted octanol–water partition coefficient (Wildman–Crippen LogP) is 2.15. The number of nitrogens with one attached hydrogen (secondary N) is 2. The fourth-order valence-electron chi connectivity index (χ4n) is 2.97. The molecule has 1 aromatic heterocycles. The highest BCUT2D eigenvalue weighted by atomic mass is 16.5. The Kier molecular flexibility index (Phi) is 6.57. The average molecular weight is 336 g/mol. The second-order valence-corrected chi connectivity index (χ2v) is 6.80. The van der Waals surface area contributed by atoms with Crippen LogP contribution in [0.1, 0.15) is 48.4 Å². The number of ketones is 1. The van der Waals surface area contributed by atoms with Crippen LogP contribution in [0.4, 0.5) is 0 Å². The molecule has 24 heavy (non-hydrogen) atoms. The highest BCUT2D eigenvalue weighted by Gasteiger charge is 2.28. The number of H-pyrrole nitrogens is 1. The number of ether oxygens (including phenoxy) is 2. The smallest absolute Gasteiger partial charge is 0.323 e. The summed E-state index contributed by atoms with van der Waals surface area (Å²) in [6.07, 6.45) is 1.77. The summed E-state index contributed by atoms with van der Waals surface area (Å²) >= 11 is 0. The van der Waals surface area contributed by atoms with Gasteiger partial charge in [0.05, 0.1) is 0 Å². The van der Waals surface area contributed by atoms with Crippen LogP contribution in [0.5, 0.6) is 0 Å². The van der Waals surface area contributed by atoms with Gasteiger partial charge in [0.25, 0.3) is 0 Å². The first-order chi connectivity index (χ1) is 11.4. The van der Waals surface area contributed by atoms with Crippen molar-refractivity contribution in [3.05, 3.63) is 23.0 Å². The monoisotopic (exact) mass is 336 g/mol. The minimum atomic E-state index is -0.407. The maximum Gasteiger partial charge on any atom is 0.323 e. The third-order valence-electron chi connectivity index (χ3n) is 4.35. The summed E-state index contributed by atoms with van der Waals surface area (Å²) in [5.74, 6) is -0.458. The van der Waals surface area contributed by atoms with Crippen LogP contribution in [-0.4, -0.2) is 48.6 Å². The zero-order valence-electron chi connectivity index (χ0n) is 15.0. The van der Waals surface area contributed by atoms with Gasteiger partial charge in [-0.25, -0.2) is 0 Å². The van der Waals surface area contributed by atoms with Gasteiger partial charge in [0.1, 0.15) is 6.04 Å². The molecular weight excluding hydrogens is 308 g/mol. The van der Waals surface area contributed by atoms with Gasteiger partial charge in [0, 0.05) is 36.2 Å². The normalized spacial score (nSPS) is 17.0. The largest absolute Gasteiger partial charge is 0.456 e. The van der Waals surface area contributed by atoms with Crippen LogP contribution < -0.4 is 5.32 Å². The molecule has 0 amide bonds. The molecule has 1 aromatic rings. The number of hydrogen-bond acceptors (Lipinski definition) is 5. The van der Waals surface area contributed by atoms with Crippen molar-refractivity contribution in [3.8, 4) is 0 Å². The van der Waals surface area contributed by atoms with Crippen molar-refractivity contribution in [1.29, 1.82) is 0 Å². The maximum absolute atomic E-state index is 12.4. The molecule has 6 nitrogen and oxygen atoms in total. The van der Waals surface area contributed by atoms with E-state index in [4.69, 9.17) is 9.47 Å². The Hall–Kier alpha value is -1.66. The van der Waals surface area contributed by atoms with Crippen LogP contribution >= 0.6 is 0 Å². The number of hydrogen-bond donors (Lipinski definition) is 2. The molecule has 1 saturated heterocycles. The van der Waals surface area contributed by atoms with Crippen LogP contribution in [0.3, 0.4) is 0 Å². The van der Waals surface area contributed by atoms with Crippen molar-refractivity contribution >= 4 is 11.8 Å². The van der Waals surface area contributed by atoms with Gasteiger partial charge in [0.15, 0.2) is 6.61 Å². The van der Waals surface area contributed by atoms with E-state index in [0.717, 1.165) is 24.2 Å². The van der Waals surface area contributed by atoms with E-state index in [-0.39, 0.29) is 30.3 Å². The molecule has 0 spiro atoms. The topological polar surface area (TPSA) is 80.4 Å². The van der Waals surface area contributed by atoms with Gasteiger partial charge >= 0.3 is 5.97 Å². The third kappa shape index (κ3) is 4.92. The first kappa shape index (κ1) is 18.7. The number of rotatable bonds is 7. The summed E-state index contributed by atoms with van der Waals surface area (Å²) in [4.78, 5) is 27.7. The van der Waals surface area contributed by atoms with Gasteiger partial charge in [0.2, 0.25) is 5.78 Å². The predicted molar refractivity (Wildman–Crippen MR) is 91.2 cm³/mol. The van der Waals surface area contributed by atoms with E-state index in [1.165, 1.54) is 0 Å². The van der Waals surface area contributed by atoms with E-state index in [1.807, 2.05) is 27.7 Å². The number of Topliss-reactive ketones (excluding diaryl/α,β-unsaturated/α-hetero) is 1. The SMILES string of the molecule is Cc1cc(C(=O)COC(=O)[C@@H](NC2CCOCC2)C(C)C)c(C)[nH]1. The summed E-state index contributed by atoms with van der Waals surface area (Å²) in [6.45, 7) is 8.87. The number of esters is 1. The molecular formula is C18H28N2O4. The Bertz CT molecular complexity index is 574. The molecule has 0 unspecified atom stereocenters. The Labute approximate surface area is 143 Å². The van der Waals surface area contributed by atoms with E-state index in [9.17, 15) is 9.59 Å². The average Bonchev–Trinajstić information content (AvgIpc) is 2.89. The van der Waals surface area contributed by atoms with Crippen molar-refractivity contribution < 1.29 is 19.1 Å². The molecule has 134 valence electrons. The second kappa shape index (κ2) is 8.44. The number of aryl methyl sites for hydroxylation is 2. The van der Waals surface area contributed by atoms with Crippen LogP contribution in [0.25, 0.3) is 0 Å². The molecule has 2 heterocycles. The zero-order valence-corrected chi connectivity index (χ0v) is 15.0. The summed E-state index contributed by atoms with van der Waals surface area (Å²) in [5.41, 5.74) is 2.30. The van der Waals surface area contributed by atoms with E-state index >= 15 is 0 Å². The Morgan fingerprint density at radius 2 is 2.00 bits per heavy atom. The summed E-state index contributed by atoms with van der Waals surface area (Å²) in [6, 6.07) is 1.63. The third-order valence-corrected chi connectivity index (χ3v) is 4.35. The molecule has 0 saturated carbocycles. The lowest BCUT2D eigenvalue weighted by Gasteiger charge is -2.29. The van der Waals surface area contributed by atoms with Crippen LogP contribution in [0.15, 0.2) is 6.07 Å². The summed E-state index contributed by atoms with van der Waals surface area (Å²) in [7, 11) is 0. The van der Waals surface area contributed by atoms with Gasteiger partial charge in [-0.3, -0.25) is 9.59 Å². The van der Waals surface area contributed by atoms with Gasteiger partial charge in [-0.2, -0.15) is 0 Å². The maximum atomic E-state index is 12.4. The van der Waals surface area contributed by atoms with Gasteiger partial charge in [-0.05, 0) is 38.7 Å². The van der Waals surface area contributed by atoms with Gasteiger partial charge in [-0.15, -0.1) is 0 Å². The zero-order chi connectivity index (χ0) is 17.7. The Morgan fingerprint density at radius 1 is 1.33 bits per heavy atom. The van der Waals surface area contributed by atoms with E-state index < -0.39 is 6.04 Å². The van der Waals surface area contributed by atoms with Crippen LogP contribution in [0, 0.1) is 19.8 Å². The van der Waals surface area contributed by atoms with Gasteiger partial charge in [-0.1, -0.05) is 13.8 Å². The molecule has 1 aliphatic rings. The molecule has 1 fully saturated rings. The van der Waals surface area contributed by atoms with Crippen LogP contribution in [0.2, 0.25) is 0 Å². The van der Waals surface area contributed by atoms with Crippen molar-refractivity contribution in [2.75, 3.05) is 19.8 Å². The lowest BCUT2D eigenvalue weighted by molar-refractivity contribution is -0.146. The van der Waals surface area contributed by atoms with E-state index in [1.54, 1.807) is 6.07 Å². The minimum Gasteiger partial charge on any atom is -0.456 e. The molecule has 2 N–H and O–H groups in total. The van der Waals surface area contributed by atoms with Crippen molar-refractivity contribution in [2.45, 2.75) is 52.6 Å². The van der Waals surface area contributed by atoms with Crippen LogP contribution in [-0.2, 0) is 14.3 Å². The number of carbonyl (C=O) groups is 2. The van der Waals surface area contributed by atoms with E-state index in [0.29, 0.717) is 18.8 Å². The molecule has 0 aromatic carbocycles. The Balaban J connectivity index is 1.90. The van der Waals surface area contributed by atoms with E-state index in [2.05, 4.69) is 10.3 Å². The van der Waals surface area contributed by atoms with Crippen molar-refractivity contribution in [1.82, 2.24) is 10.3 Å². The Morgan fingerprint density at radius 3 is 2.54 bits per heavy atom.